The molecular formula is C13H23NO4. The SMILES string of the molecule is COC(=O)CCN(CC1CCCO1)C(=O)C(C)C. The van der Waals surface area contributed by atoms with Gasteiger partial charge in [-0.05, 0) is 12.8 Å². The Morgan fingerprint density at radius 3 is 2.67 bits per heavy atom. The Kier molecular flexibility index (Phi) is 6.12. The highest BCUT2D eigenvalue weighted by molar-refractivity contribution is 5.79. The van der Waals surface area contributed by atoms with Crippen molar-refractivity contribution in [2.45, 2.75) is 39.2 Å². The highest BCUT2D eigenvalue weighted by Gasteiger charge is 2.24. The number of rotatable bonds is 6. The number of nitrogens with zero attached hydrogens (tertiary/aromatic N) is 1. The number of hydrogen-bond acceptors (Lipinski definition) is 4. The first-order chi connectivity index (χ1) is 8.54. The molecule has 0 aromatic rings. The monoisotopic (exact) mass is 257 g/mol. The fraction of sp³-hybridized carbons (Fsp3) is 0.846. The van der Waals surface area contributed by atoms with Crippen LogP contribution in [-0.4, -0.2) is 49.7 Å². The van der Waals surface area contributed by atoms with Crippen LogP contribution in [0, 0.1) is 5.92 Å². The van der Waals surface area contributed by atoms with Crippen LogP contribution >= 0.6 is 0 Å². The van der Waals surface area contributed by atoms with Crippen LogP contribution in [0.3, 0.4) is 0 Å². The third kappa shape index (κ3) is 4.64. The smallest absolute Gasteiger partial charge is 0.307 e. The predicted molar refractivity (Wildman–Crippen MR) is 67.0 cm³/mol. The maximum absolute atomic E-state index is 12.0. The summed E-state index contributed by atoms with van der Waals surface area (Å²) < 4.78 is 10.1. The molecule has 104 valence electrons. The van der Waals surface area contributed by atoms with E-state index in [4.69, 9.17) is 4.74 Å². The number of carbonyl (C=O) groups is 2. The fourth-order valence-corrected chi connectivity index (χ4v) is 2.02. The topological polar surface area (TPSA) is 55.8 Å². The first-order valence-corrected chi connectivity index (χ1v) is 6.51. The van der Waals surface area contributed by atoms with E-state index in [9.17, 15) is 9.59 Å². The standard InChI is InChI=1S/C13H23NO4/c1-10(2)13(16)14(7-6-12(15)17-3)9-11-5-4-8-18-11/h10-11H,4-9H2,1-3H3. The Morgan fingerprint density at radius 1 is 1.44 bits per heavy atom. The molecule has 0 N–H and O–H groups in total. The highest BCUT2D eigenvalue weighted by Crippen LogP contribution is 2.15. The Morgan fingerprint density at radius 2 is 2.17 bits per heavy atom. The lowest BCUT2D eigenvalue weighted by atomic mass is 10.1. The molecule has 5 nitrogen and oxygen atoms in total. The molecule has 5 heteroatoms. The molecule has 1 saturated heterocycles. The van der Waals surface area contributed by atoms with E-state index in [0.29, 0.717) is 13.1 Å². The molecule has 0 bridgehead atoms. The molecule has 0 aromatic carbocycles. The van der Waals surface area contributed by atoms with Crippen LogP contribution in [0.4, 0.5) is 0 Å². The van der Waals surface area contributed by atoms with Crippen molar-refractivity contribution in [2.75, 3.05) is 26.8 Å². The van der Waals surface area contributed by atoms with Crippen LogP contribution in [0.2, 0.25) is 0 Å². The van der Waals surface area contributed by atoms with Gasteiger partial charge in [-0.15, -0.1) is 0 Å². The van der Waals surface area contributed by atoms with E-state index in [1.54, 1.807) is 4.90 Å². The lowest BCUT2D eigenvalue weighted by Gasteiger charge is -2.26. The van der Waals surface area contributed by atoms with Gasteiger partial charge in [0.25, 0.3) is 0 Å². The molecule has 1 aliphatic rings. The molecule has 1 atom stereocenters. The summed E-state index contributed by atoms with van der Waals surface area (Å²) in [6.45, 7) is 5.48. The average molecular weight is 257 g/mol. The van der Waals surface area contributed by atoms with Crippen LogP contribution in [0.1, 0.15) is 33.1 Å². The summed E-state index contributed by atoms with van der Waals surface area (Å²) in [4.78, 5) is 24.9. The van der Waals surface area contributed by atoms with Crippen LogP contribution < -0.4 is 0 Å². The van der Waals surface area contributed by atoms with Gasteiger partial charge in [0.1, 0.15) is 0 Å². The van der Waals surface area contributed by atoms with Crippen molar-refractivity contribution >= 4 is 11.9 Å². The van der Waals surface area contributed by atoms with Gasteiger partial charge in [-0.2, -0.15) is 0 Å². The normalized spacial score (nSPS) is 19.0. The van der Waals surface area contributed by atoms with Gasteiger partial charge in [0.2, 0.25) is 5.91 Å². The lowest BCUT2D eigenvalue weighted by molar-refractivity contribution is -0.142. The number of amides is 1. The summed E-state index contributed by atoms with van der Waals surface area (Å²) >= 11 is 0. The summed E-state index contributed by atoms with van der Waals surface area (Å²) in [6, 6.07) is 0. The van der Waals surface area contributed by atoms with Crippen LogP contribution in [0.5, 0.6) is 0 Å². The first-order valence-electron chi connectivity index (χ1n) is 6.51. The first kappa shape index (κ1) is 15.0. The molecule has 0 spiro atoms. The van der Waals surface area contributed by atoms with E-state index in [1.165, 1.54) is 7.11 Å². The number of hydrogen-bond donors (Lipinski definition) is 0. The minimum atomic E-state index is -0.288. The minimum Gasteiger partial charge on any atom is -0.469 e. The average Bonchev–Trinajstić information content (AvgIpc) is 2.85. The Bertz CT molecular complexity index is 285. The number of esters is 1. The largest absolute Gasteiger partial charge is 0.469 e. The van der Waals surface area contributed by atoms with Gasteiger partial charge in [0, 0.05) is 25.6 Å². The molecule has 1 amide bonds. The van der Waals surface area contributed by atoms with E-state index in [2.05, 4.69) is 4.74 Å². The minimum absolute atomic E-state index is 0.0643. The van der Waals surface area contributed by atoms with Gasteiger partial charge in [0.05, 0.1) is 19.6 Å². The van der Waals surface area contributed by atoms with Crippen molar-refractivity contribution in [2.24, 2.45) is 5.92 Å². The van der Waals surface area contributed by atoms with E-state index in [-0.39, 0.29) is 30.3 Å². The van der Waals surface area contributed by atoms with Crippen molar-refractivity contribution in [3.63, 3.8) is 0 Å². The van der Waals surface area contributed by atoms with E-state index in [1.807, 2.05) is 13.8 Å². The van der Waals surface area contributed by atoms with Crippen molar-refractivity contribution < 1.29 is 19.1 Å². The molecule has 18 heavy (non-hydrogen) atoms. The molecule has 0 saturated carbocycles. The van der Waals surface area contributed by atoms with Crippen molar-refractivity contribution in [3.05, 3.63) is 0 Å². The summed E-state index contributed by atoms with van der Waals surface area (Å²) in [7, 11) is 1.36. The Labute approximate surface area is 108 Å². The van der Waals surface area contributed by atoms with Gasteiger partial charge in [-0.3, -0.25) is 9.59 Å². The quantitative estimate of drug-likeness (QED) is 0.671. The molecule has 1 aliphatic heterocycles. The molecular weight excluding hydrogens is 234 g/mol. The van der Waals surface area contributed by atoms with E-state index < -0.39 is 0 Å². The van der Waals surface area contributed by atoms with Crippen molar-refractivity contribution in [3.8, 4) is 0 Å². The maximum atomic E-state index is 12.0. The fourth-order valence-electron chi connectivity index (χ4n) is 2.02. The van der Waals surface area contributed by atoms with E-state index >= 15 is 0 Å². The zero-order valence-electron chi connectivity index (χ0n) is 11.5. The van der Waals surface area contributed by atoms with Crippen LogP contribution in [0.25, 0.3) is 0 Å². The number of ether oxygens (including phenoxy) is 2. The summed E-state index contributed by atoms with van der Waals surface area (Å²) in [6.07, 6.45) is 2.39. The summed E-state index contributed by atoms with van der Waals surface area (Å²) in [5.41, 5.74) is 0. The molecule has 1 fully saturated rings. The van der Waals surface area contributed by atoms with Crippen molar-refractivity contribution in [1.29, 1.82) is 0 Å². The van der Waals surface area contributed by atoms with Gasteiger partial charge in [0.15, 0.2) is 0 Å². The zero-order valence-corrected chi connectivity index (χ0v) is 11.5. The molecule has 1 rings (SSSR count). The zero-order chi connectivity index (χ0) is 13.5. The molecule has 1 heterocycles. The molecule has 0 radical (unpaired) electrons. The molecule has 1 unspecified atom stereocenters. The predicted octanol–water partition coefficient (Wildman–Crippen LogP) is 1.21. The lowest BCUT2D eigenvalue weighted by Crippen LogP contribution is -2.41. The maximum Gasteiger partial charge on any atom is 0.307 e. The highest BCUT2D eigenvalue weighted by atomic mass is 16.5. The van der Waals surface area contributed by atoms with Crippen LogP contribution in [0.15, 0.2) is 0 Å². The van der Waals surface area contributed by atoms with Gasteiger partial charge in [-0.25, -0.2) is 0 Å². The number of carbonyl (C=O) groups excluding carboxylic acids is 2. The Hall–Kier alpha value is -1.10. The number of methoxy groups -OCH3 is 1. The summed E-state index contributed by atoms with van der Waals surface area (Å²) in [5.74, 6) is -0.289. The van der Waals surface area contributed by atoms with Gasteiger partial charge in [-0.1, -0.05) is 13.8 Å². The second-order valence-electron chi connectivity index (χ2n) is 4.90. The second-order valence-corrected chi connectivity index (χ2v) is 4.90. The van der Waals surface area contributed by atoms with Gasteiger partial charge < -0.3 is 14.4 Å². The van der Waals surface area contributed by atoms with Gasteiger partial charge >= 0.3 is 5.97 Å². The third-order valence-corrected chi connectivity index (χ3v) is 3.07. The third-order valence-electron chi connectivity index (χ3n) is 3.07. The second kappa shape index (κ2) is 7.36. The van der Waals surface area contributed by atoms with Crippen molar-refractivity contribution in [1.82, 2.24) is 4.90 Å². The molecule has 0 aromatic heterocycles. The van der Waals surface area contributed by atoms with E-state index in [0.717, 1.165) is 19.4 Å². The Balaban J connectivity index is 2.50. The summed E-state index contributed by atoms with van der Waals surface area (Å²) in [5, 5.41) is 0. The van der Waals surface area contributed by atoms with Crippen LogP contribution in [-0.2, 0) is 19.1 Å². The molecule has 0 aliphatic carbocycles.